The van der Waals surface area contributed by atoms with Gasteiger partial charge in [0.15, 0.2) is 18.6 Å². The van der Waals surface area contributed by atoms with E-state index in [-0.39, 0.29) is 13.1 Å². The number of amides is 1. The number of ether oxygens (including phenoxy) is 4. The van der Waals surface area contributed by atoms with Gasteiger partial charge in [0.25, 0.3) is 5.56 Å². The first-order valence-electron chi connectivity index (χ1n) is 19.0. The van der Waals surface area contributed by atoms with Crippen LogP contribution in [0.15, 0.2) is 34.0 Å². The number of unbranched alkanes of at least 4 members (excludes halogenated alkanes) is 9. The number of carbonyl (C=O) groups is 3. The Labute approximate surface area is 318 Å². The average Bonchev–Trinajstić information content (AvgIpc) is 3.55. The van der Waals surface area contributed by atoms with E-state index in [4.69, 9.17) is 24.7 Å². The number of carboxylic acids is 1. The van der Waals surface area contributed by atoms with Crippen molar-refractivity contribution in [2.45, 2.75) is 145 Å². The van der Waals surface area contributed by atoms with E-state index in [2.05, 4.69) is 6.92 Å². The number of carboxylic acid groups (broad SMARTS) is 1. The molecule has 0 bridgehead atoms. The van der Waals surface area contributed by atoms with Gasteiger partial charge in [-0.1, -0.05) is 64.4 Å². The maximum absolute atomic E-state index is 14.3. The quantitative estimate of drug-likeness (QED) is 0.0481. The Morgan fingerprint density at radius 2 is 1.62 bits per heavy atom. The zero-order chi connectivity index (χ0) is 40.4. The van der Waals surface area contributed by atoms with Gasteiger partial charge in [0.2, 0.25) is 5.91 Å². The zero-order valence-corrected chi connectivity index (χ0v) is 31.6. The SMILES string of the molecule is CCCCCCCCCCC/C=C/C(=O)OC1CN(C)C(C(O[C@@H]2O[C@H](CN)[C@H](O)[C@@H]2O)[C@H]2O[C@@H](n3ccc(=O)[nH]c3=O)[C@H](O)[C@@H]2O)C(=O)N(C)C1C(=O)O. The van der Waals surface area contributed by atoms with E-state index in [9.17, 15) is 49.5 Å². The van der Waals surface area contributed by atoms with Gasteiger partial charge in [-0.3, -0.25) is 24.0 Å². The molecule has 4 unspecified atom stereocenters. The maximum atomic E-state index is 14.3. The molecule has 3 aliphatic rings. The normalized spacial score (nSPS) is 32.3. The first-order chi connectivity index (χ1) is 26.2. The number of aliphatic hydroxyl groups excluding tert-OH is 4. The number of likely N-dealkylation sites (N-methyl/N-ethyl adjacent to an activating group) is 2. The average molecular weight is 784 g/mol. The summed E-state index contributed by atoms with van der Waals surface area (Å²) in [4.78, 5) is 68.4. The van der Waals surface area contributed by atoms with Gasteiger partial charge in [0.05, 0.1) is 0 Å². The molecule has 8 N–H and O–H groups in total. The summed E-state index contributed by atoms with van der Waals surface area (Å²) in [5.74, 6) is -3.20. The third kappa shape index (κ3) is 10.9. The largest absolute Gasteiger partial charge is 0.480 e. The van der Waals surface area contributed by atoms with Crippen molar-refractivity contribution in [1.29, 1.82) is 0 Å². The summed E-state index contributed by atoms with van der Waals surface area (Å²) >= 11 is 0. The number of nitrogens with two attached hydrogens (primary N) is 1. The van der Waals surface area contributed by atoms with Crippen LogP contribution in [0.2, 0.25) is 0 Å². The second-order valence-electron chi connectivity index (χ2n) is 14.5. The molecule has 0 radical (unpaired) electrons. The molecule has 1 aromatic heterocycles. The van der Waals surface area contributed by atoms with Gasteiger partial charge in [-0.05, 0) is 19.9 Å². The first-order valence-corrected chi connectivity index (χ1v) is 19.0. The second kappa shape index (κ2) is 20.6. The zero-order valence-electron chi connectivity index (χ0n) is 31.6. The van der Waals surface area contributed by atoms with E-state index in [0.29, 0.717) is 6.42 Å². The number of hydrogen-bond acceptors (Lipinski definition) is 15. The molecular formula is C36H57N5O14. The number of esters is 1. The minimum absolute atomic E-state index is 0.229. The van der Waals surface area contributed by atoms with Crippen molar-refractivity contribution >= 4 is 17.8 Å². The predicted octanol–water partition coefficient (Wildman–Crippen LogP) is -1.44. The number of aliphatic hydroxyl groups is 4. The van der Waals surface area contributed by atoms with E-state index in [1.165, 1.54) is 57.2 Å². The van der Waals surface area contributed by atoms with Gasteiger partial charge in [-0.2, -0.15) is 0 Å². The van der Waals surface area contributed by atoms with Crippen LogP contribution in [0.25, 0.3) is 0 Å². The lowest BCUT2D eigenvalue weighted by atomic mass is 9.97. The summed E-state index contributed by atoms with van der Waals surface area (Å²) in [5, 5.41) is 53.9. The van der Waals surface area contributed by atoms with Crippen molar-refractivity contribution in [2.75, 3.05) is 27.2 Å². The molecule has 55 heavy (non-hydrogen) atoms. The Morgan fingerprint density at radius 1 is 0.964 bits per heavy atom. The fraction of sp³-hybridized carbons (Fsp3) is 0.750. The molecular weight excluding hydrogens is 726 g/mol. The molecule has 3 fully saturated rings. The topological polar surface area (TPSA) is 277 Å². The predicted molar refractivity (Wildman–Crippen MR) is 193 cm³/mol. The lowest BCUT2D eigenvalue weighted by Gasteiger charge is -2.38. The fourth-order valence-corrected chi connectivity index (χ4v) is 7.36. The highest BCUT2D eigenvalue weighted by Gasteiger charge is 2.57. The highest BCUT2D eigenvalue weighted by molar-refractivity contribution is 5.89. The van der Waals surface area contributed by atoms with Crippen molar-refractivity contribution < 1.29 is 58.9 Å². The number of hydrogen-bond donors (Lipinski definition) is 7. The van der Waals surface area contributed by atoms with E-state index >= 15 is 0 Å². The lowest BCUT2D eigenvalue weighted by molar-refractivity contribution is -0.233. The van der Waals surface area contributed by atoms with E-state index in [0.717, 1.165) is 47.4 Å². The van der Waals surface area contributed by atoms with Crippen LogP contribution in [0.1, 0.15) is 77.4 Å². The Morgan fingerprint density at radius 3 is 2.22 bits per heavy atom. The smallest absolute Gasteiger partial charge is 0.330 e. The van der Waals surface area contributed by atoms with Crippen molar-refractivity contribution in [3.8, 4) is 0 Å². The van der Waals surface area contributed by atoms with Crippen molar-refractivity contribution in [3.63, 3.8) is 0 Å². The number of nitrogens with one attached hydrogen (secondary N) is 1. The molecule has 3 aliphatic heterocycles. The van der Waals surface area contributed by atoms with Crippen LogP contribution >= 0.6 is 0 Å². The third-order valence-corrected chi connectivity index (χ3v) is 10.4. The number of aliphatic carboxylic acids is 1. The molecule has 12 atom stereocenters. The molecule has 4 heterocycles. The molecule has 19 heteroatoms. The van der Waals surface area contributed by atoms with Crippen LogP contribution in [0.5, 0.6) is 0 Å². The van der Waals surface area contributed by atoms with Crippen LogP contribution in [-0.2, 0) is 33.3 Å². The van der Waals surface area contributed by atoms with Gasteiger partial charge < -0.3 is 55.1 Å². The summed E-state index contributed by atoms with van der Waals surface area (Å²) in [6.07, 6.45) is -1.26. The molecule has 0 saturated carbocycles. The molecule has 310 valence electrons. The molecule has 19 nitrogen and oxygen atoms in total. The van der Waals surface area contributed by atoms with Gasteiger partial charge in [0, 0.05) is 38.5 Å². The number of carbonyl (C=O) groups excluding carboxylic acids is 2. The molecule has 1 aromatic rings. The molecule has 0 aliphatic carbocycles. The van der Waals surface area contributed by atoms with E-state index in [1.54, 1.807) is 6.08 Å². The second-order valence-corrected chi connectivity index (χ2v) is 14.5. The maximum Gasteiger partial charge on any atom is 0.330 e. The highest BCUT2D eigenvalue weighted by Crippen LogP contribution is 2.36. The molecule has 0 spiro atoms. The van der Waals surface area contributed by atoms with E-state index < -0.39 is 103 Å². The van der Waals surface area contributed by atoms with Crippen molar-refractivity contribution in [1.82, 2.24) is 19.4 Å². The molecule has 0 aromatic carbocycles. The van der Waals surface area contributed by atoms with E-state index in [1.807, 2.05) is 4.98 Å². The van der Waals surface area contributed by atoms with Crippen LogP contribution in [0.4, 0.5) is 0 Å². The summed E-state index contributed by atoms with van der Waals surface area (Å²) < 4.78 is 24.1. The summed E-state index contributed by atoms with van der Waals surface area (Å²) in [6.45, 7) is 1.60. The minimum atomic E-state index is -1.88. The van der Waals surface area contributed by atoms with Crippen LogP contribution in [0, 0.1) is 0 Å². The lowest BCUT2D eigenvalue weighted by Crippen LogP contribution is -2.59. The molecule has 1 amide bonds. The summed E-state index contributed by atoms with van der Waals surface area (Å²) in [6, 6.07) is -2.26. The van der Waals surface area contributed by atoms with Gasteiger partial charge in [0.1, 0.15) is 54.9 Å². The third-order valence-electron chi connectivity index (χ3n) is 10.4. The van der Waals surface area contributed by atoms with Crippen LogP contribution in [-0.4, -0.2) is 157 Å². The van der Waals surface area contributed by atoms with Crippen LogP contribution < -0.4 is 17.0 Å². The highest BCUT2D eigenvalue weighted by atomic mass is 16.7. The Balaban J connectivity index is 1.54. The Bertz CT molecular complexity index is 1570. The number of nitrogens with zero attached hydrogens (tertiary/aromatic N) is 3. The monoisotopic (exact) mass is 783 g/mol. The fourth-order valence-electron chi connectivity index (χ4n) is 7.36. The number of rotatable bonds is 19. The van der Waals surface area contributed by atoms with Gasteiger partial charge in [-0.15, -0.1) is 0 Å². The minimum Gasteiger partial charge on any atom is -0.480 e. The van der Waals surface area contributed by atoms with Crippen molar-refractivity contribution in [3.05, 3.63) is 45.3 Å². The number of aromatic amines is 1. The summed E-state index contributed by atoms with van der Waals surface area (Å²) in [7, 11) is 2.59. The van der Waals surface area contributed by atoms with Gasteiger partial charge >= 0.3 is 17.6 Å². The Hall–Kier alpha value is -3.53. The Kier molecular flexibility index (Phi) is 16.5. The van der Waals surface area contributed by atoms with Crippen LogP contribution in [0.3, 0.4) is 0 Å². The number of allylic oxidation sites excluding steroid dienone is 1. The van der Waals surface area contributed by atoms with Gasteiger partial charge in [-0.25, -0.2) is 14.4 Å². The molecule has 3 saturated heterocycles. The number of H-pyrrole nitrogens is 1. The summed E-state index contributed by atoms with van der Waals surface area (Å²) in [5.41, 5.74) is 3.96. The molecule has 4 rings (SSSR count). The first kappa shape index (κ1) is 44.2. The van der Waals surface area contributed by atoms with Crippen molar-refractivity contribution in [2.24, 2.45) is 5.73 Å². The number of aromatic nitrogens is 2. The standard InChI is InChI=1S/C36H57N5O14/c1-4-5-6-7-8-9-10-11-12-13-14-15-23(43)52-21-19-39(2)25(32(48)40(3)24(21)34(49)50)30(55-35-29(47)26(44)20(18-37)53-35)31-27(45)28(46)33(54-31)41-17-16-22(42)38-36(41)51/h14-17,20-21,24-31,33,35,44-47H,4-13,18-19,37H2,1-3H3,(H,49,50)(H,38,42,51)/b15-14+/t20-,21?,24?,25?,26+,27+,28-,29+,30?,31+,33-,35+/m1/s1.